The van der Waals surface area contributed by atoms with Crippen molar-refractivity contribution in [3.05, 3.63) is 54.1 Å². The second-order valence-electron chi connectivity index (χ2n) is 6.21. The van der Waals surface area contributed by atoms with Crippen LogP contribution in [0.2, 0.25) is 0 Å². The van der Waals surface area contributed by atoms with E-state index in [4.69, 9.17) is 9.47 Å². The van der Waals surface area contributed by atoms with Gasteiger partial charge in [-0.2, -0.15) is 0 Å². The molecule has 0 unspecified atom stereocenters. The van der Waals surface area contributed by atoms with Gasteiger partial charge >= 0.3 is 5.97 Å². The average Bonchev–Trinajstić information content (AvgIpc) is 2.59. The Kier molecular flexibility index (Phi) is 6.86. The molecule has 2 rings (SSSR count). The third-order valence-corrected chi connectivity index (χ3v) is 3.78. The molecule has 128 valence electrons. The molecule has 0 amide bonds. The van der Waals surface area contributed by atoms with Gasteiger partial charge in [0, 0.05) is 0 Å². The summed E-state index contributed by atoms with van der Waals surface area (Å²) in [5.41, 5.74) is 2.74. The van der Waals surface area contributed by atoms with Gasteiger partial charge in [0.05, 0.1) is 18.8 Å². The second-order valence-corrected chi connectivity index (χ2v) is 6.21. The number of hydrogen-bond donors (Lipinski definition) is 0. The van der Waals surface area contributed by atoms with Crippen LogP contribution < -0.4 is 4.74 Å². The molecular formula is C21H26O3. The van der Waals surface area contributed by atoms with E-state index in [-0.39, 0.29) is 5.97 Å². The third kappa shape index (κ3) is 5.41. The van der Waals surface area contributed by atoms with E-state index in [2.05, 4.69) is 13.8 Å². The summed E-state index contributed by atoms with van der Waals surface area (Å²) in [6, 6.07) is 15.5. The van der Waals surface area contributed by atoms with E-state index in [1.54, 1.807) is 19.1 Å². The highest BCUT2D eigenvalue weighted by atomic mass is 16.5. The predicted octanol–water partition coefficient (Wildman–Crippen LogP) is 5.35. The molecule has 0 atom stereocenters. The Bertz CT molecular complexity index is 627. The maximum absolute atomic E-state index is 11.7. The Labute approximate surface area is 144 Å². The largest absolute Gasteiger partial charge is 0.494 e. The standard InChI is InChI=1S/C21H26O3/c1-4-23-21(22)19-9-7-17(8-10-19)18-11-13-20(14-12-18)24-15-5-6-16(2)3/h7-14,16H,4-6,15H2,1-3H3. The molecule has 0 spiro atoms. The number of carbonyl (C=O) groups excluding carboxylic acids is 1. The molecule has 0 N–H and O–H groups in total. The van der Waals surface area contributed by atoms with Gasteiger partial charge in [-0.05, 0) is 61.1 Å². The fraction of sp³-hybridized carbons (Fsp3) is 0.381. The Balaban J connectivity index is 1.94. The van der Waals surface area contributed by atoms with Gasteiger partial charge in [0.2, 0.25) is 0 Å². The van der Waals surface area contributed by atoms with Crippen LogP contribution in [0.5, 0.6) is 5.75 Å². The monoisotopic (exact) mass is 326 g/mol. The van der Waals surface area contributed by atoms with Crippen LogP contribution >= 0.6 is 0 Å². The minimum Gasteiger partial charge on any atom is -0.494 e. The topological polar surface area (TPSA) is 35.5 Å². The van der Waals surface area contributed by atoms with E-state index in [9.17, 15) is 4.79 Å². The molecule has 0 saturated carbocycles. The maximum atomic E-state index is 11.7. The van der Waals surface area contributed by atoms with E-state index < -0.39 is 0 Å². The van der Waals surface area contributed by atoms with E-state index in [1.165, 1.54) is 6.42 Å². The summed E-state index contributed by atoms with van der Waals surface area (Å²) in [6.45, 7) is 7.40. The Morgan fingerprint density at radius 1 is 0.958 bits per heavy atom. The van der Waals surface area contributed by atoms with Crippen LogP contribution in [0.4, 0.5) is 0 Å². The first kappa shape index (κ1) is 18.1. The molecule has 0 fully saturated rings. The third-order valence-electron chi connectivity index (χ3n) is 3.78. The SMILES string of the molecule is CCOC(=O)c1ccc(-c2ccc(OCCCC(C)C)cc2)cc1. The van der Waals surface area contributed by atoms with E-state index in [0.29, 0.717) is 18.1 Å². The van der Waals surface area contributed by atoms with Crippen molar-refractivity contribution in [2.45, 2.75) is 33.6 Å². The first-order chi connectivity index (χ1) is 11.6. The summed E-state index contributed by atoms with van der Waals surface area (Å²) in [7, 11) is 0. The van der Waals surface area contributed by atoms with Crippen LogP contribution in [-0.4, -0.2) is 19.2 Å². The van der Waals surface area contributed by atoms with Crippen molar-refractivity contribution in [1.82, 2.24) is 0 Å². The molecule has 2 aromatic rings. The lowest BCUT2D eigenvalue weighted by Gasteiger charge is -2.09. The summed E-state index contributed by atoms with van der Waals surface area (Å²) in [5.74, 6) is 1.33. The molecule has 2 aromatic carbocycles. The number of rotatable bonds is 8. The van der Waals surface area contributed by atoms with Crippen molar-refractivity contribution in [3.63, 3.8) is 0 Å². The van der Waals surface area contributed by atoms with Crippen molar-refractivity contribution in [1.29, 1.82) is 0 Å². The molecular weight excluding hydrogens is 300 g/mol. The summed E-state index contributed by atoms with van der Waals surface area (Å²) in [5, 5.41) is 0. The van der Waals surface area contributed by atoms with Gasteiger partial charge in [-0.15, -0.1) is 0 Å². The molecule has 0 bridgehead atoms. The predicted molar refractivity (Wildman–Crippen MR) is 97.4 cm³/mol. The minimum absolute atomic E-state index is 0.283. The average molecular weight is 326 g/mol. The highest BCUT2D eigenvalue weighted by molar-refractivity contribution is 5.90. The first-order valence-corrected chi connectivity index (χ1v) is 8.60. The van der Waals surface area contributed by atoms with Crippen molar-refractivity contribution in [2.24, 2.45) is 5.92 Å². The van der Waals surface area contributed by atoms with Gasteiger partial charge in [0.25, 0.3) is 0 Å². The molecule has 0 aliphatic carbocycles. The minimum atomic E-state index is -0.283. The number of benzene rings is 2. The fourth-order valence-corrected chi connectivity index (χ4v) is 2.44. The zero-order chi connectivity index (χ0) is 17.4. The molecule has 24 heavy (non-hydrogen) atoms. The van der Waals surface area contributed by atoms with Crippen LogP contribution in [0.3, 0.4) is 0 Å². The Hall–Kier alpha value is -2.29. The van der Waals surface area contributed by atoms with Crippen LogP contribution in [0.1, 0.15) is 44.0 Å². The highest BCUT2D eigenvalue weighted by Crippen LogP contribution is 2.23. The van der Waals surface area contributed by atoms with Crippen LogP contribution in [0.15, 0.2) is 48.5 Å². The Morgan fingerprint density at radius 2 is 1.54 bits per heavy atom. The fourth-order valence-electron chi connectivity index (χ4n) is 2.44. The van der Waals surface area contributed by atoms with Crippen LogP contribution in [-0.2, 0) is 4.74 Å². The lowest BCUT2D eigenvalue weighted by atomic mass is 10.0. The number of esters is 1. The van der Waals surface area contributed by atoms with Gasteiger partial charge in [-0.25, -0.2) is 4.79 Å². The van der Waals surface area contributed by atoms with Gasteiger partial charge in [-0.1, -0.05) is 38.1 Å². The maximum Gasteiger partial charge on any atom is 0.338 e. The zero-order valence-corrected chi connectivity index (χ0v) is 14.7. The smallest absolute Gasteiger partial charge is 0.338 e. The van der Waals surface area contributed by atoms with Crippen molar-refractivity contribution < 1.29 is 14.3 Å². The molecule has 0 heterocycles. The van der Waals surface area contributed by atoms with Crippen LogP contribution in [0, 0.1) is 5.92 Å². The summed E-state index contributed by atoms with van der Waals surface area (Å²) < 4.78 is 10.8. The lowest BCUT2D eigenvalue weighted by molar-refractivity contribution is 0.0526. The second kappa shape index (κ2) is 9.11. The molecule has 3 nitrogen and oxygen atoms in total. The lowest BCUT2D eigenvalue weighted by Crippen LogP contribution is -2.03. The zero-order valence-electron chi connectivity index (χ0n) is 14.7. The van der Waals surface area contributed by atoms with Crippen molar-refractivity contribution in [3.8, 4) is 16.9 Å². The quantitative estimate of drug-likeness (QED) is 0.485. The number of carbonyl (C=O) groups is 1. The van der Waals surface area contributed by atoms with Gasteiger partial charge in [-0.3, -0.25) is 0 Å². The molecule has 3 heteroatoms. The molecule has 0 aliphatic heterocycles. The van der Waals surface area contributed by atoms with Crippen molar-refractivity contribution in [2.75, 3.05) is 13.2 Å². The summed E-state index contributed by atoms with van der Waals surface area (Å²) in [6.07, 6.45) is 2.26. The summed E-state index contributed by atoms with van der Waals surface area (Å²) in [4.78, 5) is 11.7. The number of hydrogen-bond acceptors (Lipinski definition) is 3. The van der Waals surface area contributed by atoms with Crippen LogP contribution in [0.25, 0.3) is 11.1 Å². The molecule has 0 aliphatic rings. The van der Waals surface area contributed by atoms with Gasteiger partial charge < -0.3 is 9.47 Å². The number of ether oxygens (including phenoxy) is 2. The molecule has 0 radical (unpaired) electrons. The molecule has 0 aromatic heterocycles. The van der Waals surface area contributed by atoms with Crippen molar-refractivity contribution >= 4 is 5.97 Å². The highest BCUT2D eigenvalue weighted by Gasteiger charge is 2.06. The van der Waals surface area contributed by atoms with Gasteiger partial charge in [0.15, 0.2) is 0 Å². The van der Waals surface area contributed by atoms with E-state index in [1.807, 2.05) is 36.4 Å². The molecule has 0 saturated heterocycles. The normalized spacial score (nSPS) is 10.7. The van der Waals surface area contributed by atoms with E-state index in [0.717, 1.165) is 29.9 Å². The van der Waals surface area contributed by atoms with Gasteiger partial charge in [0.1, 0.15) is 5.75 Å². The first-order valence-electron chi connectivity index (χ1n) is 8.60. The summed E-state index contributed by atoms with van der Waals surface area (Å²) >= 11 is 0. The Morgan fingerprint density at radius 3 is 2.08 bits per heavy atom. The van der Waals surface area contributed by atoms with E-state index >= 15 is 0 Å².